The first kappa shape index (κ1) is 23.0. The highest BCUT2D eigenvalue weighted by molar-refractivity contribution is 14.0. The van der Waals surface area contributed by atoms with Gasteiger partial charge in [0.25, 0.3) is 0 Å². The van der Waals surface area contributed by atoms with Crippen molar-refractivity contribution in [3.8, 4) is 0 Å². The maximum atomic E-state index is 4.36. The predicted octanol–water partition coefficient (Wildman–Crippen LogP) is 3.20. The summed E-state index contributed by atoms with van der Waals surface area (Å²) in [6.45, 7) is 10.1. The number of guanidine groups is 1. The van der Waals surface area contributed by atoms with Gasteiger partial charge in [-0.15, -0.1) is 30.6 Å². The SMILES string of the molecule is C=CCCCCCN(C)C(=NC)NCC(C)(C)N(C)C.I. The summed E-state index contributed by atoms with van der Waals surface area (Å²) in [5.41, 5.74) is 0.112. The number of hydrogen-bond acceptors (Lipinski definition) is 2. The summed E-state index contributed by atoms with van der Waals surface area (Å²) in [5, 5.41) is 3.46. The first-order valence-corrected chi connectivity index (χ1v) is 7.55. The number of hydrogen-bond donors (Lipinski definition) is 1. The quantitative estimate of drug-likeness (QED) is 0.208. The molecule has 0 aromatic rings. The van der Waals surface area contributed by atoms with Crippen molar-refractivity contribution in [2.45, 2.75) is 45.1 Å². The average molecular weight is 410 g/mol. The second kappa shape index (κ2) is 12.3. The molecular formula is C16H35IN4. The molecule has 0 spiro atoms. The van der Waals surface area contributed by atoms with E-state index >= 15 is 0 Å². The van der Waals surface area contributed by atoms with Gasteiger partial charge < -0.3 is 15.1 Å². The van der Waals surface area contributed by atoms with Crippen LogP contribution in [-0.2, 0) is 0 Å². The van der Waals surface area contributed by atoms with Gasteiger partial charge in [-0.05, 0) is 47.2 Å². The highest BCUT2D eigenvalue weighted by atomic mass is 127. The van der Waals surface area contributed by atoms with Crippen molar-refractivity contribution in [3.63, 3.8) is 0 Å². The summed E-state index contributed by atoms with van der Waals surface area (Å²) < 4.78 is 0. The monoisotopic (exact) mass is 410 g/mol. The Morgan fingerprint density at radius 1 is 1.19 bits per heavy atom. The van der Waals surface area contributed by atoms with E-state index in [1.807, 2.05) is 13.1 Å². The van der Waals surface area contributed by atoms with Gasteiger partial charge in [0, 0.05) is 32.7 Å². The van der Waals surface area contributed by atoms with E-state index in [0.717, 1.165) is 25.5 Å². The van der Waals surface area contributed by atoms with Gasteiger partial charge in [0.1, 0.15) is 0 Å². The minimum Gasteiger partial charge on any atom is -0.354 e. The minimum atomic E-state index is 0. The number of halogens is 1. The molecule has 0 fully saturated rings. The fourth-order valence-corrected chi connectivity index (χ4v) is 1.76. The van der Waals surface area contributed by atoms with Crippen LogP contribution in [0.25, 0.3) is 0 Å². The third-order valence-corrected chi connectivity index (χ3v) is 3.86. The molecule has 0 radical (unpaired) electrons. The molecular weight excluding hydrogens is 375 g/mol. The molecule has 21 heavy (non-hydrogen) atoms. The molecule has 0 aromatic carbocycles. The Bertz CT molecular complexity index is 301. The van der Waals surface area contributed by atoms with Crippen LogP contribution in [-0.4, -0.2) is 62.6 Å². The third-order valence-electron chi connectivity index (χ3n) is 3.86. The molecule has 0 heterocycles. The van der Waals surface area contributed by atoms with E-state index in [4.69, 9.17) is 0 Å². The zero-order valence-corrected chi connectivity index (χ0v) is 17.1. The molecule has 0 saturated carbocycles. The Morgan fingerprint density at radius 3 is 2.29 bits per heavy atom. The Kier molecular flexibility index (Phi) is 13.4. The molecule has 4 nitrogen and oxygen atoms in total. The number of allylic oxidation sites excluding steroid dienone is 1. The average Bonchev–Trinajstić information content (AvgIpc) is 2.38. The summed E-state index contributed by atoms with van der Waals surface area (Å²) in [6.07, 6.45) is 6.79. The Labute approximate surface area is 149 Å². The lowest BCUT2D eigenvalue weighted by Gasteiger charge is -2.34. The van der Waals surface area contributed by atoms with Gasteiger partial charge in [-0.3, -0.25) is 4.99 Å². The number of aliphatic imine (C=N–C) groups is 1. The van der Waals surface area contributed by atoms with Crippen molar-refractivity contribution in [1.29, 1.82) is 0 Å². The van der Waals surface area contributed by atoms with Gasteiger partial charge in [-0.1, -0.05) is 12.5 Å². The standard InChI is InChI=1S/C16H34N4.HI/c1-8-9-10-11-12-13-20(7)15(17-4)18-14-16(2,3)19(5)6;/h8H,1,9-14H2,2-7H3,(H,17,18);1H. The van der Waals surface area contributed by atoms with Gasteiger partial charge >= 0.3 is 0 Å². The molecule has 5 heteroatoms. The number of likely N-dealkylation sites (N-methyl/N-ethyl adjacent to an activating group) is 1. The predicted molar refractivity (Wildman–Crippen MR) is 106 cm³/mol. The summed E-state index contributed by atoms with van der Waals surface area (Å²) in [4.78, 5) is 8.79. The van der Waals surface area contributed by atoms with Crippen molar-refractivity contribution in [1.82, 2.24) is 15.1 Å². The lowest BCUT2D eigenvalue weighted by Crippen LogP contribution is -2.51. The van der Waals surface area contributed by atoms with E-state index < -0.39 is 0 Å². The zero-order valence-electron chi connectivity index (χ0n) is 14.8. The number of unbranched alkanes of at least 4 members (excludes halogenated alkanes) is 3. The van der Waals surface area contributed by atoms with Crippen LogP contribution >= 0.6 is 24.0 Å². The molecule has 1 N–H and O–H groups in total. The third kappa shape index (κ3) is 10.1. The molecule has 0 bridgehead atoms. The van der Waals surface area contributed by atoms with Crippen molar-refractivity contribution >= 4 is 29.9 Å². The van der Waals surface area contributed by atoms with Gasteiger partial charge in [-0.25, -0.2) is 0 Å². The Hall–Kier alpha value is -0.300. The van der Waals surface area contributed by atoms with Crippen LogP contribution in [0.3, 0.4) is 0 Å². The fraction of sp³-hybridized carbons (Fsp3) is 0.812. The van der Waals surface area contributed by atoms with E-state index in [1.54, 1.807) is 0 Å². The van der Waals surface area contributed by atoms with Gasteiger partial charge in [0.2, 0.25) is 0 Å². The highest BCUT2D eigenvalue weighted by Gasteiger charge is 2.21. The first-order valence-electron chi connectivity index (χ1n) is 7.55. The number of nitrogens with zero attached hydrogens (tertiary/aromatic N) is 3. The second-order valence-corrected chi connectivity index (χ2v) is 6.17. The van der Waals surface area contributed by atoms with E-state index in [0.29, 0.717) is 0 Å². The van der Waals surface area contributed by atoms with Crippen LogP contribution < -0.4 is 5.32 Å². The topological polar surface area (TPSA) is 30.9 Å². The summed E-state index contributed by atoms with van der Waals surface area (Å²) >= 11 is 0. The lowest BCUT2D eigenvalue weighted by atomic mass is 10.0. The normalized spacial score (nSPS) is 12.0. The first-order chi connectivity index (χ1) is 9.35. The lowest BCUT2D eigenvalue weighted by molar-refractivity contribution is 0.196. The van der Waals surface area contributed by atoms with Gasteiger partial charge in [0.15, 0.2) is 5.96 Å². The van der Waals surface area contributed by atoms with Gasteiger partial charge in [-0.2, -0.15) is 0 Å². The number of nitrogens with one attached hydrogen (secondary N) is 1. The summed E-state index contributed by atoms with van der Waals surface area (Å²) in [6, 6.07) is 0. The second-order valence-electron chi connectivity index (χ2n) is 6.17. The number of rotatable bonds is 9. The maximum absolute atomic E-state index is 4.36. The molecule has 0 aliphatic carbocycles. The molecule has 0 unspecified atom stereocenters. The molecule has 0 rings (SSSR count). The molecule has 0 atom stereocenters. The van der Waals surface area contributed by atoms with Crippen LogP contribution in [0.1, 0.15) is 39.5 Å². The van der Waals surface area contributed by atoms with E-state index in [2.05, 4.69) is 61.7 Å². The Balaban J connectivity index is 0. The Morgan fingerprint density at radius 2 is 1.81 bits per heavy atom. The highest BCUT2D eigenvalue weighted by Crippen LogP contribution is 2.08. The van der Waals surface area contributed by atoms with Crippen LogP contribution in [0, 0.1) is 0 Å². The molecule has 0 aliphatic rings. The van der Waals surface area contributed by atoms with Crippen molar-refractivity contribution in [2.24, 2.45) is 4.99 Å². The molecule has 0 saturated heterocycles. The van der Waals surface area contributed by atoms with Crippen molar-refractivity contribution in [2.75, 3.05) is 41.3 Å². The molecule has 126 valence electrons. The van der Waals surface area contributed by atoms with Crippen LogP contribution in [0.4, 0.5) is 0 Å². The van der Waals surface area contributed by atoms with Crippen LogP contribution in [0.15, 0.2) is 17.6 Å². The van der Waals surface area contributed by atoms with E-state index in [1.165, 1.54) is 19.3 Å². The summed E-state index contributed by atoms with van der Waals surface area (Å²) in [5.74, 6) is 0.976. The largest absolute Gasteiger partial charge is 0.354 e. The maximum Gasteiger partial charge on any atom is 0.193 e. The molecule has 0 amide bonds. The van der Waals surface area contributed by atoms with Crippen LogP contribution in [0.2, 0.25) is 0 Å². The van der Waals surface area contributed by atoms with E-state index in [9.17, 15) is 0 Å². The van der Waals surface area contributed by atoms with Gasteiger partial charge in [0.05, 0.1) is 0 Å². The zero-order chi connectivity index (χ0) is 15.6. The summed E-state index contributed by atoms with van der Waals surface area (Å²) in [7, 11) is 8.16. The van der Waals surface area contributed by atoms with Crippen molar-refractivity contribution in [3.05, 3.63) is 12.7 Å². The van der Waals surface area contributed by atoms with Crippen molar-refractivity contribution < 1.29 is 0 Å². The minimum absolute atomic E-state index is 0. The fourth-order valence-electron chi connectivity index (χ4n) is 1.76. The molecule has 0 aromatic heterocycles. The van der Waals surface area contributed by atoms with E-state index in [-0.39, 0.29) is 29.5 Å². The van der Waals surface area contributed by atoms with Crippen LogP contribution in [0.5, 0.6) is 0 Å². The smallest absolute Gasteiger partial charge is 0.193 e. The molecule has 0 aliphatic heterocycles.